The molecule has 0 aliphatic heterocycles. The molecular formula is C47H94N2O4. The van der Waals surface area contributed by atoms with Crippen LogP contribution in [0.2, 0.25) is 0 Å². The number of carbonyl (C=O) groups excluding carboxylic acids is 2. The van der Waals surface area contributed by atoms with Gasteiger partial charge in [-0.05, 0) is 71.5 Å². The summed E-state index contributed by atoms with van der Waals surface area (Å²) in [4.78, 5) is 28.5. The zero-order chi connectivity index (χ0) is 38.9. The van der Waals surface area contributed by atoms with Gasteiger partial charge in [-0.15, -0.1) is 0 Å². The molecule has 53 heavy (non-hydrogen) atoms. The summed E-state index contributed by atoms with van der Waals surface area (Å²) in [6, 6.07) is 0. The summed E-state index contributed by atoms with van der Waals surface area (Å²) in [5.74, 6) is 0.339. The van der Waals surface area contributed by atoms with Crippen molar-refractivity contribution in [1.82, 2.24) is 10.2 Å². The summed E-state index contributed by atoms with van der Waals surface area (Å²) in [6.45, 7) is 14.5. The van der Waals surface area contributed by atoms with Gasteiger partial charge in [-0.25, -0.2) is 0 Å². The van der Waals surface area contributed by atoms with Crippen LogP contribution in [-0.4, -0.2) is 63.3 Å². The van der Waals surface area contributed by atoms with Crippen molar-refractivity contribution in [3.63, 3.8) is 0 Å². The highest BCUT2D eigenvalue weighted by Crippen LogP contribution is 2.22. The van der Waals surface area contributed by atoms with Crippen LogP contribution >= 0.6 is 0 Å². The van der Waals surface area contributed by atoms with Crippen molar-refractivity contribution in [3.8, 4) is 0 Å². The average molecular weight is 751 g/mol. The van der Waals surface area contributed by atoms with E-state index in [0.717, 1.165) is 103 Å². The maximum atomic E-state index is 13.0. The molecule has 0 spiro atoms. The highest BCUT2D eigenvalue weighted by molar-refractivity contribution is 5.72. The molecule has 0 radical (unpaired) electrons. The molecule has 0 saturated heterocycles. The molecule has 316 valence electrons. The van der Waals surface area contributed by atoms with Crippen molar-refractivity contribution in [1.29, 1.82) is 0 Å². The largest absolute Gasteiger partial charge is 0.465 e. The monoisotopic (exact) mass is 751 g/mol. The Bertz CT molecular complexity index is 705. The van der Waals surface area contributed by atoms with Crippen LogP contribution in [0.1, 0.15) is 233 Å². The molecule has 0 bridgehead atoms. The lowest BCUT2D eigenvalue weighted by molar-refractivity contribution is -0.150. The smallest absolute Gasteiger partial charge is 0.308 e. The van der Waals surface area contributed by atoms with Gasteiger partial charge in [0.1, 0.15) is 0 Å². The first kappa shape index (κ1) is 51.9. The van der Waals surface area contributed by atoms with E-state index in [0.29, 0.717) is 13.2 Å². The molecule has 0 heterocycles. The molecule has 0 rings (SSSR count). The molecule has 2 unspecified atom stereocenters. The number of esters is 2. The van der Waals surface area contributed by atoms with Crippen molar-refractivity contribution >= 4 is 11.9 Å². The number of hydrogen-bond acceptors (Lipinski definition) is 6. The third-order valence-electron chi connectivity index (χ3n) is 11.2. The normalized spacial score (nSPS) is 12.7. The van der Waals surface area contributed by atoms with Crippen LogP contribution in [0, 0.1) is 11.8 Å². The maximum Gasteiger partial charge on any atom is 0.308 e. The average Bonchev–Trinajstić information content (AvgIpc) is 3.16. The van der Waals surface area contributed by atoms with Gasteiger partial charge >= 0.3 is 11.9 Å². The Balaban J connectivity index is 4.28. The van der Waals surface area contributed by atoms with Gasteiger partial charge in [0.2, 0.25) is 0 Å². The summed E-state index contributed by atoms with van der Waals surface area (Å²) >= 11 is 0. The van der Waals surface area contributed by atoms with E-state index in [4.69, 9.17) is 9.47 Å². The molecule has 6 nitrogen and oxygen atoms in total. The number of rotatable bonds is 43. The zero-order valence-corrected chi connectivity index (χ0v) is 36.6. The molecule has 0 aliphatic carbocycles. The predicted molar refractivity (Wildman–Crippen MR) is 230 cm³/mol. The highest BCUT2D eigenvalue weighted by Gasteiger charge is 2.20. The predicted octanol–water partition coefficient (Wildman–Crippen LogP) is 13.4. The highest BCUT2D eigenvalue weighted by atomic mass is 16.5. The van der Waals surface area contributed by atoms with Gasteiger partial charge in [-0.2, -0.15) is 0 Å². The van der Waals surface area contributed by atoms with E-state index in [-0.39, 0.29) is 23.8 Å². The van der Waals surface area contributed by atoms with Gasteiger partial charge in [0.15, 0.2) is 0 Å². The molecule has 0 aromatic rings. The van der Waals surface area contributed by atoms with E-state index in [1.165, 1.54) is 128 Å². The van der Waals surface area contributed by atoms with Gasteiger partial charge in [0.05, 0.1) is 25.0 Å². The second-order valence-electron chi connectivity index (χ2n) is 16.3. The van der Waals surface area contributed by atoms with E-state index >= 15 is 0 Å². The Hall–Kier alpha value is -1.14. The lowest BCUT2D eigenvalue weighted by Gasteiger charge is -2.22. The van der Waals surface area contributed by atoms with Crippen LogP contribution < -0.4 is 5.32 Å². The SMILES string of the molecule is CCCCCCCCC(CCCCCC)C(=O)OCCCCCCN(CCCCCCOC(=O)C(CCCCCC)CCCCCCCC)CCNC. The fraction of sp³-hybridized carbons (Fsp3) is 0.957. The number of nitrogens with one attached hydrogen (secondary N) is 1. The number of unbranched alkanes of at least 4 members (excludes halogenated alkanes) is 22. The summed E-state index contributed by atoms with van der Waals surface area (Å²) in [6.07, 6.45) is 38.1. The summed E-state index contributed by atoms with van der Waals surface area (Å²) < 4.78 is 11.6. The van der Waals surface area contributed by atoms with Crippen LogP contribution in [0.4, 0.5) is 0 Å². The van der Waals surface area contributed by atoms with E-state index < -0.39 is 0 Å². The molecule has 0 aliphatic rings. The molecule has 0 saturated carbocycles. The third kappa shape index (κ3) is 35.0. The van der Waals surface area contributed by atoms with Crippen molar-refractivity contribution in [3.05, 3.63) is 0 Å². The minimum absolute atomic E-state index is 0.0666. The molecular weight excluding hydrogens is 657 g/mol. The van der Waals surface area contributed by atoms with E-state index in [9.17, 15) is 9.59 Å². The van der Waals surface area contributed by atoms with Gasteiger partial charge in [0.25, 0.3) is 0 Å². The molecule has 6 heteroatoms. The van der Waals surface area contributed by atoms with Crippen molar-refractivity contribution in [2.45, 2.75) is 233 Å². The summed E-state index contributed by atoms with van der Waals surface area (Å²) in [7, 11) is 2.04. The summed E-state index contributed by atoms with van der Waals surface area (Å²) in [5.41, 5.74) is 0. The molecule has 0 amide bonds. The van der Waals surface area contributed by atoms with Gasteiger partial charge < -0.3 is 19.7 Å². The lowest BCUT2D eigenvalue weighted by atomic mass is 9.94. The molecule has 0 aromatic heterocycles. The lowest BCUT2D eigenvalue weighted by Crippen LogP contribution is -2.32. The quantitative estimate of drug-likeness (QED) is 0.0494. The fourth-order valence-corrected chi connectivity index (χ4v) is 7.51. The number of nitrogens with zero attached hydrogens (tertiary/aromatic N) is 1. The first-order valence-electron chi connectivity index (χ1n) is 23.7. The Kier molecular flexibility index (Phi) is 41.1. The number of likely N-dealkylation sites (N-methyl/N-ethyl adjacent to an activating group) is 1. The number of hydrogen-bond donors (Lipinski definition) is 1. The van der Waals surface area contributed by atoms with E-state index in [2.05, 4.69) is 37.9 Å². The van der Waals surface area contributed by atoms with Crippen molar-refractivity contribution in [2.75, 3.05) is 46.4 Å². The Labute approximate surface area is 331 Å². The Morgan fingerprint density at radius 2 is 0.717 bits per heavy atom. The minimum Gasteiger partial charge on any atom is -0.465 e. The standard InChI is InChI=1S/C47H94N2O4/c1-6-10-14-18-20-28-36-44(34-26-16-12-8-3)46(50)52-42-32-24-22-30-39-49(41-38-48-5)40-31-23-25-33-43-53-47(51)45(35-27-17-13-9-4)37-29-21-19-15-11-7-2/h44-45,48H,6-43H2,1-5H3. The van der Waals surface area contributed by atoms with Crippen LogP contribution in [0.5, 0.6) is 0 Å². The van der Waals surface area contributed by atoms with Gasteiger partial charge in [0, 0.05) is 13.1 Å². The third-order valence-corrected chi connectivity index (χ3v) is 11.2. The molecule has 1 N–H and O–H groups in total. The molecule has 2 atom stereocenters. The second-order valence-corrected chi connectivity index (χ2v) is 16.3. The number of carbonyl (C=O) groups is 2. The number of ether oxygens (including phenoxy) is 2. The fourth-order valence-electron chi connectivity index (χ4n) is 7.51. The van der Waals surface area contributed by atoms with Gasteiger partial charge in [-0.3, -0.25) is 9.59 Å². The van der Waals surface area contributed by atoms with Crippen molar-refractivity contribution in [2.24, 2.45) is 11.8 Å². The maximum absolute atomic E-state index is 13.0. The molecule has 0 aromatic carbocycles. The summed E-state index contributed by atoms with van der Waals surface area (Å²) in [5, 5.41) is 3.32. The van der Waals surface area contributed by atoms with Gasteiger partial charge in [-0.1, -0.05) is 182 Å². The van der Waals surface area contributed by atoms with Crippen LogP contribution in [-0.2, 0) is 19.1 Å². The molecule has 0 fully saturated rings. The minimum atomic E-state index is 0.0666. The van der Waals surface area contributed by atoms with E-state index in [1.807, 2.05) is 7.05 Å². The topological polar surface area (TPSA) is 67.9 Å². The zero-order valence-electron chi connectivity index (χ0n) is 36.6. The second kappa shape index (κ2) is 42.0. The Morgan fingerprint density at radius 3 is 1.08 bits per heavy atom. The first-order valence-corrected chi connectivity index (χ1v) is 23.7. The van der Waals surface area contributed by atoms with Crippen LogP contribution in [0.3, 0.4) is 0 Å². The van der Waals surface area contributed by atoms with Crippen LogP contribution in [0.15, 0.2) is 0 Å². The van der Waals surface area contributed by atoms with Crippen molar-refractivity contribution < 1.29 is 19.1 Å². The van der Waals surface area contributed by atoms with Crippen LogP contribution in [0.25, 0.3) is 0 Å². The first-order chi connectivity index (χ1) is 26.0. The van der Waals surface area contributed by atoms with E-state index in [1.54, 1.807) is 0 Å². The Morgan fingerprint density at radius 1 is 0.415 bits per heavy atom.